The lowest BCUT2D eigenvalue weighted by Gasteiger charge is -2.26. The van der Waals surface area contributed by atoms with E-state index in [1.54, 1.807) is 0 Å². The van der Waals surface area contributed by atoms with E-state index in [0.29, 0.717) is 75.4 Å². The highest BCUT2D eigenvalue weighted by molar-refractivity contribution is 5.51. The van der Waals surface area contributed by atoms with Gasteiger partial charge in [-0.3, -0.25) is 4.90 Å². The Kier molecular flexibility index (Phi) is 14.3. The van der Waals surface area contributed by atoms with Crippen molar-refractivity contribution >= 4 is 0 Å². The second-order valence-corrected chi connectivity index (χ2v) is 17.9. The Bertz CT molecular complexity index is 2480. The van der Waals surface area contributed by atoms with Crippen LogP contribution in [0, 0.1) is 0 Å². The van der Waals surface area contributed by atoms with Crippen LogP contribution in [0.2, 0.25) is 0 Å². The second-order valence-electron chi connectivity index (χ2n) is 17.9. The molecule has 0 heterocycles. The molecule has 332 valence electrons. The molecular formula is C63H57NO3. The predicted octanol–water partition coefficient (Wildman–Crippen LogP) is 13.6. The van der Waals surface area contributed by atoms with E-state index in [4.69, 9.17) is 0 Å². The molecule has 67 heavy (non-hydrogen) atoms. The van der Waals surface area contributed by atoms with Gasteiger partial charge in [0.15, 0.2) is 0 Å². The first-order chi connectivity index (χ1) is 32.9. The lowest BCUT2D eigenvalue weighted by Crippen LogP contribution is -2.23. The maximum atomic E-state index is 11.9. The van der Waals surface area contributed by atoms with Gasteiger partial charge in [0.1, 0.15) is 17.2 Å². The third-order valence-electron chi connectivity index (χ3n) is 12.6. The number of hydrogen-bond acceptors (Lipinski definition) is 4. The van der Waals surface area contributed by atoms with E-state index >= 15 is 0 Å². The summed E-state index contributed by atoms with van der Waals surface area (Å²) < 4.78 is 0. The summed E-state index contributed by atoms with van der Waals surface area (Å²) in [5.74, 6) is 1.02. The summed E-state index contributed by atoms with van der Waals surface area (Å²) in [6.45, 7) is 1.78. The smallest absolute Gasteiger partial charge is 0.122 e. The Morgan fingerprint density at radius 1 is 0.224 bits per heavy atom. The maximum Gasteiger partial charge on any atom is 0.122 e. The molecule has 0 saturated heterocycles. The third kappa shape index (κ3) is 12.0. The molecule has 9 aromatic rings. The molecule has 0 fully saturated rings. The van der Waals surface area contributed by atoms with Gasteiger partial charge >= 0.3 is 0 Å². The maximum absolute atomic E-state index is 11.9. The number of aromatic hydroxyl groups is 3. The van der Waals surface area contributed by atoms with Gasteiger partial charge < -0.3 is 15.3 Å². The quantitative estimate of drug-likeness (QED) is 0.0804. The second kappa shape index (κ2) is 21.6. The van der Waals surface area contributed by atoms with Crippen molar-refractivity contribution in [1.82, 2.24) is 4.90 Å². The number of nitrogens with zero attached hydrogens (tertiary/aromatic N) is 1. The third-order valence-corrected chi connectivity index (χ3v) is 12.6. The van der Waals surface area contributed by atoms with Gasteiger partial charge in [0, 0.05) is 58.2 Å². The number of rotatable bonds is 18. The molecule has 0 atom stereocenters. The highest BCUT2D eigenvalue weighted by Gasteiger charge is 2.20. The van der Waals surface area contributed by atoms with E-state index in [1.807, 2.05) is 109 Å². The van der Waals surface area contributed by atoms with Gasteiger partial charge in [0.05, 0.1) is 0 Å². The van der Waals surface area contributed by atoms with Crippen LogP contribution < -0.4 is 0 Å². The largest absolute Gasteiger partial charge is 0.507 e. The number of benzene rings is 9. The topological polar surface area (TPSA) is 63.9 Å². The van der Waals surface area contributed by atoms with Crippen molar-refractivity contribution < 1.29 is 15.3 Å². The Morgan fingerprint density at radius 2 is 0.388 bits per heavy atom. The van der Waals surface area contributed by atoms with E-state index in [0.717, 1.165) is 83.5 Å². The number of phenolic OH excluding ortho intramolecular Hbond substituents is 3. The minimum atomic E-state index is 0.340. The van der Waals surface area contributed by atoms with Crippen LogP contribution in [0.4, 0.5) is 0 Å². The number of phenols is 3. The molecule has 0 aliphatic heterocycles. The lowest BCUT2D eigenvalue weighted by molar-refractivity contribution is 0.247. The van der Waals surface area contributed by atoms with Crippen LogP contribution in [-0.2, 0) is 58.2 Å². The average Bonchev–Trinajstić information content (AvgIpc) is 3.35. The van der Waals surface area contributed by atoms with Gasteiger partial charge in [0.25, 0.3) is 0 Å². The first-order valence-electron chi connectivity index (χ1n) is 23.4. The van der Waals surface area contributed by atoms with Crippen molar-refractivity contribution in [2.24, 2.45) is 0 Å². The van der Waals surface area contributed by atoms with Crippen LogP contribution in [0.1, 0.15) is 83.5 Å². The monoisotopic (exact) mass is 875 g/mol. The lowest BCUT2D eigenvalue weighted by atomic mass is 9.93. The van der Waals surface area contributed by atoms with Crippen LogP contribution in [0.25, 0.3) is 0 Å². The molecule has 0 unspecified atom stereocenters. The van der Waals surface area contributed by atoms with Crippen molar-refractivity contribution in [3.63, 3.8) is 0 Å². The van der Waals surface area contributed by atoms with E-state index in [-0.39, 0.29) is 0 Å². The molecule has 0 spiro atoms. The molecule has 3 N–H and O–H groups in total. The molecule has 0 aliphatic carbocycles. The summed E-state index contributed by atoms with van der Waals surface area (Å²) in [5, 5.41) is 35.8. The zero-order chi connectivity index (χ0) is 45.8. The predicted molar refractivity (Wildman–Crippen MR) is 273 cm³/mol. The normalized spacial score (nSPS) is 11.2. The Morgan fingerprint density at radius 3 is 0.552 bits per heavy atom. The van der Waals surface area contributed by atoms with Crippen molar-refractivity contribution in [1.29, 1.82) is 0 Å². The molecule has 0 saturated carbocycles. The average molecular weight is 876 g/mol. The van der Waals surface area contributed by atoms with E-state index in [1.165, 1.54) is 0 Å². The zero-order valence-electron chi connectivity index (χ0n) is 37.9. The molecule has 0 aromatic heterocycles. The minimum absolute atomic E-state index is 0.340. The van der Waals surface area contributed by atoms with Crippen molar-refractivity contribution in [2.45, 2.75) is 58.2 Å². The Balaban J connectivity index is 1.15. The van der Waals surface area contributed by atoms with Gasteiger partial charge in [-0.05, 0) is 83.5 Å². The van der Waals surface area contributed by atoms with Crippen LogP contribution >= 0.6 is 0 Å². The highest BCUT2D eigenvalue weighted by atomic mass is 16.3. The zero-order valence-corrected chi connectivity index (χ0v) is 37.9. The van der Waals surface area contributed by atoms with Crippen molar-refractivity contribution in [3.8, 4) is 17.2 Å². The van der Waals surface area contributed by atoms with Crippen molar-refractivity contribution in [3.05, 3.63) is 302 Å². The molecule has 4 nitrogen and oxygen atoms in total. The SMILES string of the molecule is Oc1c(Cc2ccccc2)cc(CN(Cc2cc(Cc3ccccc3)c(O)c(Cc3ccccc3)c2)Cc2cc(Cc3ccccc3)c(O)c(Cc3ccccc3)c2)cc1Cc1ccccc1. The molecule has 0 amide bonds. The fraction of sp³-hybridized carbons (Fsp3) is 0.143. The van der Waals surface area contributed by atoms with Gasteiger partial charge in [-0.1, -0.05) is 218 Å². The molecule has 0 radical (unpaired) electrons. The summed E-state index contributed by atoms with van der Waals surface area (Å²) in [6.07, 6.45) is 3.64. The summed E-state index contributed by atoms with van der Waals surface area (Å²) >= 11 is 0. The molecular weight excluding hydrogens is 819 g/mol. The van der Waals surface area contributed by atoms with Gasteiger partial charge in [-0.15, -0.1) is 0 Å². The van der Waals surface area contributed by atoms with Crippen molar-refractivity contribution in [2.75, 3.05) is 0 Å². The van der Waals surface area contributed by atoms with Gasteiger partial charge in [0.2, 0.25) is 0 Å². The fourth-order valence-electron chi connectivity index (χ4n) is 9.42. The van der Waals surface area contributed by atoms with E-state index in [9.17, 15) is 15.3 Å². The van der Waals surface area contributed by atoms with Crippen LogP contribution in [-0.4, -0.2) is 20.2 Å². The Hall–Kier alpha value is -7.66. The molecule has 4 heteroatoms. The standard InChI is InChI=1S/C63H57NO3/c65-61-55(31-46-19-7-1-8-20-46)37-52(38-56(61)32-47-21-9-2-10-22-47)43-64(44-53-39-57(33-48-23-11-3-12-24-48)62(66)58(40-53)34-49-25-13-4-14-26-49)45-54-41-59(35-50-27-15-5-16-28-50)63(67)60(42-54)36-51-29-17-6-18-30-51/h1-30,37-42,65-67H,31-36,43-45H2. The van der Waals surface area contributed by atoms with Crippen LogP contribution in [0.5, 0.6) is 17.2 Å². The van der Waals surface area contributed by atoms with Crippen LogP contribution in [0.15, 0.2) is 218 Å². The first kappa shape index (κ1) is 44.5. The summed E-state index contributed by atoms with van der Waals surface area (Å²) in [6, 6.07) is 75.2. The first-order valence-corrected chi connectivity index (χ1v) is 23.4. The fourth-order valence-corrected chi connectivity index (χ4v) is 9.42. The molecule has 0 bridgehead atoms. The summed E-state index contributed by atoms with van der Waals surface area (Å²) in [4.78, 5) is 2.47. The Labute approximate surface area is 395 Å². The molecule has 9 rings (SSSR count). The van der Waals surface area contributed by atoms with Gasteiger partial charge in [-0.25, -0.2) is 0 Å². The summed E-state index contributed by atoms with van der Waals surface area (Å²) in [5.41, 5.74) is 15.5. The summed E-state index contributed by atoms with van der Waals surface area (Å²) in [7, 11) is 0. The number of hydrogen-bond donors (Lipinski definition) is 3. The minimum Gasteiger partial charge on any atom is -0.507 e. The van der Waals surface area contributed by atoms with Crippen LogP contribution in [0.3, 0.4) is 0 Å². The molecule has 0 aliphatic rings. The van der Waals surface area contributed by atoms with E-state index in [2.05, 4.69) is 114 Å². The highest BCUT2D eigenvalue weighted by Crippen LogP contribution is 2.34. The van der Waals surface area contributed by atoms with Gasteiger partial charge in [-0.2, -0.15) is 0 Å². The molecule has 9 aromatic carbocycles. The van der Waals surface area contributed by atoms with E-state index < -0.39 is 0 Å².